The highest BCUT2D eigenvalue weighted by molar-refractivity contribution is 14.0. The SMILES string of the molecule is CN=C(NCCCN1CCC(C)CC1)NCC(C)c1cccs1.I. The van der Waals surface area contributed by atoms with E-state index in [1.165, 1.54) is 43.8 Å². The third kappa shape index (κ3) is 7.70. The maximum Gasteiger partial charge on any atom is 0.190 e. The Morgan fingerprint density at radius 2 is 2.12 bits per heavy atom. The molecule has 2 rings (SSSR count). The maximum absolute atomic E-state index is 4.32. The quantitative estimate of drug-likeness (QED) is 0.280. The summed E-state index contributed by atoms with van der Waals surface area (Å²) < 4.78 is 0. The molecule has 0 spiro atoms. The first-order valence-electron chi connectivity index (χ1n) is 8.89. The highest BCUT2D eigenvalue weighted by Crippen LogP contribution is 2.19. The molecule has 0 radical (unpaired) electrons. The minimum Gasteiger partial charge on any atom is -0.356 e. The zero-order valence-electron chi connectivity index (χ0n) is 15.3. The van der Waals surface area contributed by atoms with Gasteiger partial charge in [-0.15, -0.1) is 35.3 Å². The van der Waals surface area contributed by atoms with Crippen LogP contribution in [0.25, 0.3) is 0 Å². The predicted molar refractivity (Wildman–Crippen MR) is 117 cm³/mol. The van der Waals surface area contributed by atoms with Crippen molar-refractivity contribution in [2.75, 3.05) is 39.8 Å². The van der Waals surface area contributed by atoms with E-state index < -0.39 is 0 Å². The lowest BCUT2D eigenvalue weighted by atomic mass is 9.99. The van der Waals surface area contributed by atoms with E-state index in [1.54, 1.807) is 0 Å². The standard InChI is InChI=1S/C18H32N4S.HI/c1-15-7-11-22(12-8-15)10-5-9-20-18(19-3)21-14-16(2)17-6-4-13-23-17;/h4,6,13,15-16H,5,7-12,14H2,1-3H3,(H2,19,20,21);1H. The van der Waals surface area contributed by atoms with Crippen molar-refractivity contribution in [1.29, 1.82) is 0 Å². The first-order valence-corrected chi connectivity index (χ1v) is 9.77. The Hall–Kier alpha value is -0.340. The highest BCUT2D eigenvalue weighted by atomic mass is 127. The van der Waals surface area contributed by atoms with E-state index in [0.717, 1.165) is 25.0 Å². The lowest BCUT2D eigenvalue weighted by molar-refractivity contribution is 0.191. The molecule has 0 bridgehead atoms. The van der Waals surface area contributed by atoms with Crippen LogP contribution in [0.2, 0.25) is 0 Å². The zero-order chi connectivity index (χ0) is 16.5. The van der Waals surface area contributed by atoms with Crippen molar-refractivity contribution in [1.82, 2.24) is 15.5 Å². The molecule has 4 nitrogen and oxygen atoms in total. The zero-order valence-corrected chi connectivity index (χ0v) is 18.4. The molecule has 0 aliphatic carbocycles. The predicted octanol–water partition coefficient (Wildman–Crippen LogP) is 3.76. The van der Waals surface area contributed by atoms with Gasteiger partial charge in [0.2, 0.25) is 0 Å². The minimum absolute atomic E-state index is 0. The Bertz CT molecular complexity index is 456. The van der Waals surface area contributed by atoms with Crippen LogP contribution >= 0.6 is 35.3 Å². The van der Waals surface area contributed by atoms with Crippen LogP contribution in [0.15, 0.2) is 22.5 Å². The molecular formula is C18H33IN4S. The van der Waals surface area contributed by atoms with Crippen molar-refractivity contribution < 1.29 is 0 Å². The monoisotopic (exact) mass is 464 g/mol. The van der Waals surface area contributed by atoms with Crippen LogP contribution < -0.4 is 10.6 Å². The molecule has 1 aromatic heterocycles. The summed E-state index contributed by atoms with van der Waals surface area (Å²) in [5, 5.41) is 9.01. The number of piperidine rings is 1. The second-order valence-electron chi connectivity index (χ2n) is 6.67. The number of likely N-dealkylation sites (tertiary alicyclic amines) is 1. The smallest absolute Gasteiger partial charge is 0.190 e. The molecule has 2 heterocycles. The minimum atomic E-state index is 0. The molecule has 1 fully saturated rings. The number of nitrogens with zero attached hydrogens (tertiary/aromatic N) is 2. The summed E-state index contributed by atoms with van der Waals surface area (Å²) in [7, 11) is 1.84. The molecule has 6 heteroatoms. The number of halogens is 1. The van der Waals surface area contributed by atoms with Crippen LogP contribution in [-0.4, -0.2) is 50.6 Å². The normalized spacial score (nSPS) is 18.0. The van der Waals surface area contributed by atoms with E-state index in [9.17, 15) is 0 Å². The van der Waals surface area contributed by atoms with Gasteiger partial charge in [-0.1, -0.05) is 19.9 Å². The van der Waals surface area contributed by atoms with E-state index in [4.69, 9.17) is 0 Å². The van der Waals surface area contributed by atoms with Crippen molar-refractivity contribution in [2.45, 2.75) is 39.0 Å². The van der Waals surface area contributed by atoms with Gasteiger partial charge in [-0.25, -0.2) is 0 Å². The Kier molecular flexibility index (Phi) is 10.9. The van der Waals surface area contributed by atoms with Crippen molar-refractivity contribution in [3.8, 4) is 0 Å². The van der Waals surface area contributed by atoms with Gasteiger partial charge in [-0.3, -0.25) is 4.99 Å². The number of rotatable bonds is 7. The van der Waals surface area contributed by atoms with Gasteiger partial charge in [0.25, 0.3) is 0 Å². The third-order valence-corrected chi connectivity index (χ3v) is 5.75. The van der Waals surface area contributed by atoms with Gasteiger partial charge in [0.15, 0.2) is 5.96 Å². The van der Waals surface area contributed by atoms with Gasteiger partial charge in [0, 0.05) is 30.9 Å². The van der Waals surface area contributed by atoms with E-state index >= 15 is 0 Å². The lowest BCUT2D eigenvalue weighted by Crippen LogP contribution is -2.40. The fourth-order valence-electron chi connectivity index (χ4n) is 2.94. The molecule has 1 saturated heterocycles. The second-order valence-corrected chi connectivity index (χ2v) is 7.65. The van der Waals surface area contributed by atoms with E-state index in [2.05, 4.69) is 51.9 Å². The average molecular weight is 464 g/mol. The number of hydrogen-bond acceptors (Lipinski definition) is 3. The molecule has 0 amide bonds. The first kappa shape index (κ1) is 21.7. The van der Waals surface area contributed by atoms with Crippen molar-refractivity contribution >= 4 is 41.3 Å². The number of aliphatic imine (C=N–C) groups is 1. The molecule has 1 atom stereocenters. The first-order chi connectivity index (χ1) is 11.2. The Morgan fingerprint density at radius 1 is 1.38 bits per heavy atom. The van der Waals surface area contributed by atoms with Gasteiger partial charge < -0.3 is 15.5 Å². The van der Waals surface area contributed by atoms with Gasteiger partial charge in [0.1, 0.15) is 0 Å². The van der Waals surface area contributed by atoms with Crippen LogP contribution in [0.1, 0.15) is 43.9 Å². The van der Waals surface area contributed by atoms with Gasteiger partial charge >= 0.3 is 0 Å². The summed E-state index contributed by atoms with van der Waals surface area (Å²) in [5.74, 6) is 2.35. The second kappa shape index (κ2) is 12.1. The molecule has 1 aliphatic rings. The van der Waals surface area contributed by atoms with Gasteiger partial charge in [-0.2, -0.15) is 0 Å². The summed E-state index contributed by atoms with van der Waals surface area (Å²) in [5.41, 5.74) is 0. The molecule has 2 N–H and O–H groups in total. The number of hydrogen-bond donors (Lipinski definition) is 2. The number of nitrogens with one attached hydrogen (secondary N) is 2. The van der Waals surface area contributed by atoms with Gasteiger partial charge in [0.05, 0.1) is 0 Å². The molecule has 0 saturated carbocycles. The van der Waals surface area contributed by atoms with Crippen LogP contribution in [0, 0.1) is 5.92 Å². The lowest BCUT2D eigenvalue weighted by Gasteiger charge is -2.30. The molecular weight excluding hydrogens is 431 g/mol. The summed E-state index contributed by atoms with van der Waals surface area (Å²) >= 11 is 1.82. The van der Waals surface area contributed by atoms with Crippen LogP contribution in [-0.2, 0) is 0 Å². The molecule has 1 aromatic rings. The molecule has 0 aromatic carbocycles. The Balaban J connectivity index is 0.00000288. The van der Waals surface area contributed by atoms with Crippen LogP contribution in [0.5, 0.6) is 0 Å². The van der Waals surface area contributed by atoms with E-state index in [0.29, 0.717) is 5.92 Å². The van der Waals surface area contributed by atoms with Crippen LogP contribution in [0.3, 0.4) is 0 Å². The summed E-state index contributed by atoms with van der Waals surface area (Å²) in [4.78, 5) is 8.34. The van der Waals surface area contributed by atoms with Crippen LogP contribution in [0.4, 0.5) is 0 Å². The molecule has 138 valence electrons. The highest BCUT2D eigenvalue weighted by Gasteiger charge is 2.14. The summed E-state index contributed by atoms with van der Waals surface area (Å²) in [6, 6.07) is 4.32. The molecule has 24 heavy (non-hydrogen) atoms. The molecule has 1 unspecified atom stereocenters. The maximum atomic E-state index is 4.32. The summed E-state index contributed by atoms with van der Waals surface area (Å²) in [6.45, 7) is 10.3. The summed E-state index contributed by atoms with van der Waals surface area (Å²) in [6.07, 6.45) is 3.89. The fraction of sp³-hybridized carbons (Fsp3) is 0.722. The Labute approximate surface area is 168 Å². The van der Waals surface area contributed by atoms with E-state index in [-0.39, 0.29) is 24.0 Å². The number of thiophene rings is 1. The fourth-order valence-corrected chi connectivity index (χ4v) is 3.72. The largest absolute Gasteiger partial charge is 0.356 e. The van der Waals surface area contributed by atoms with E-state index in [1.807, 2.05) is 18.4 Å². The van der Waals surface area contributed by atoms with Crippen molar-refractivity contribution in [3.05, 3.63) is 22.4 Å². The Morgan fingerprint density at radius 3 is 2.75 bits per heavy atom. The average Bonchev–Trinajstić information content (AvgIpc) is 3.10. The van der Waals surface area contributed by atoms with Gasteiger partial charge in [-0.05, 0) is 56.3 Å². The topological polar surface area (TPSA) is 39.7 Å². The van der Waals surface area contributed by atoms with Crippen molar-refractivity contribution in [3.63, 3.8) is 0 Å². The van der Waals surface area contributed by atoms with Crippen molar-refractivity contribution in [2.24, 2.45) is 10.9 Å². The number of guanidine groups is 1. The third-order valence-electron chi connectivity index (χ3n) is 4.65. The molecule has 1 aliphatic heterocycles.